The first-order valence-electron chi connectivity index (χ1n) is 9.02. The van der Waals surface area contributed by atoms with E-state index in [1.165, 1.54) is 17.0 Å². The number of anilines is 1. The van der Waals surface area contributed by atoms with Crippen molar-refractivity contribution in [2.75, 3.05) is 37.3 Å². The number of thiophene rings is 1. The van der Waals surface area contributed by atoms with Gasteiger partial charge >= 0.3 is 0 Å². The molecule has 1 aromatic heterocycles. The lowest BCUT2D eigenvalue weighted by molar-refractivity contribution is 0.0952. The molecule has 0 aliphatic carbocycles. The molecule has 0 radical (unpaired) electrons. The van der Waals surface area contributed by atoms with E-state index < -0.39 is 10.0 Å². The standard InChI is InChI=1S/C19H25N3O3S2/c1-27(24,25)21-11-9-17-7-8-18(26-17)19(23)20-13-15-10-12-22(14-15)16-5-3-2-4-6-16/h2-8,15,21H,9-14H2,1H3,(H,20,23). The van der Waals surface area contributed by atoms with Crippen LogP contribution >= 0.6 is 11.3 Å². The first-order chi connectivity index (χ1) is 12.9. The minimum Gasteiger partial charge on any atom is -0.371 e. The Labute approximate surface area is 164 Å². The van der Waals surface area contributed by atoms with Crippen LogP contribution in [0.25, 0.3) is 0 Å². The Morgan fingerprint density at radius 3 is 2.74 bits per heavy atom. The zero-order valence-corrected chi connectivity index (χ0v) is 17.0. The molecular formula is C19H25N3O3S2. The van der Waals surface area contributed by atoms with Gasteiger partial charge in [0.25, 0.3) is 5.91 Å². The van der Waals surface area contributed by atoms with E-state index >= 15 is 0 Å². The van der Waals surface area contributed by atoms with Crippen LogP contribution in [0.4, 0.5) is 5.69 Å². The zero-order chi connectivity index (χ0) is 19.3. The normalized spacial score (nSPS) is 17.2. The molecule has 1 aliphatic heterocycles. The molecule has 6 nitrogen and oxygen atoms in total. The van der Waals surface area contributed by atoms with Crippen molar-refractivity contribution < 1.29 is 13.2 Å². The van der Waals surface area contributed by atoms with Gasteiger partial charge in [-0.1, -0.05) is 18.2 Å². The van der Waals surface area contributed by atoms with E-state index in [9.17, 15) is 13.2 Å². The summed E-state index contributed by atoms with van der Waals surface area (Å²) in [6.45, 7) is 2.99. The highest BCUT2D eigenvalue weighted by Gasteiger charge is 2.23. The maximum atomic E-state index is 12.4. The lowest BCUT2D eigenvalue weighted by atomic mass is 10.1. The van der Waals surface area contributed by atoms with E-state index in [-0.39, 0.29) is 5.91 Å². The lowest BCUT2D eigenvalue weighted by Crippen LogP contribution is -2.30. The number of carbonyl (C=O) groups is 1. The van der Waals surface area contributed by atoms with Crippen LogP contribution in [0, 0.1) is 5.92 Å². The van der Waals surface area contributed by atoms with Crippen molar-refractivity contribution >= 4 is 33.0 Å². The van der Waals surface area contributed by atoms with Gasteiger partial charge in [0.15, 0.2) is 0 Å². The van der Waals surface area contributed by atoms with E-state index in [1.807, 2.05) is 24.3 Å². The van der Waals surface area contributed by atoms with E-state index in [0.717, 1.165) is 30.6 Å². The Morgan fingerprint density at radius 1 is 1.22 bits per heavy atom. The second kappa shape index (κ2) is 8.86. The third kappa shape index (κ3) is 6.05. The fourth-order valence-corrected chi connectivity index (χ4v) is 4.59. The topological polar surface area (TPSA) is 78.5 Å². The Kier molecular flexibility index (Phi) is 6.51. The Balaban J connectivity index is 1.43. The summed E-state index contributed by atoms with van der Waals surface area (Å²) in [7, 11) is -3.18. The molecule has 27 heavy (non-hydrogen) atoms. The third-order valence-electron chi connectivity index (χ3n) is 4.58. The zero-order valence-electron chi connectivity index (χ0n) is 15.3. The molecule has 1 atom stereocenters. The van der Waals surface area contributed by atoms with Gasteiger partial charge in [0.1, 0.15) is 0 Å². The molecule has 1 aliphatic rings. The monoisotopic (exact) mass is 407 g/mol. The molecule has 0 bridgehead atoms. The summed E-state index contributed by atoms with van der Waals surface area (Å²) < 4.78 is 24.6. The van der Waals surface area contributed by atoms with Crippen molar-refractivity contribution in [1.29, 1.82) is 0 Å². The number of sulfonamides is 1. The van der Waals surface area contributed by atoms with Gasteiger partial charge in [-0.2, -0.15) is 0 Å². The molecule has 2 aromatic rings. The summed E-state index contributed by atoms with van der Waals surface area (Å²) in [6.07, 6.45) is 2.80. The SMILES string of the molecule is CS(=O)(=O)NCCc1ccc(C(=O)NCC2CCN(c3ccccc3)C2)s1. The maximum absolute atomic E-state index is 12.4. The van der Waals surface area contributed by atoms with Crippen LogP contribution in [0.2, 0.25) is 0 Å². The van der Waals surface area contributed by atoms with Crippen molar-refractivity contribution in [2.24, 2.45) is 5.92 Å². The number of para-hydroxylation sites is 1. The number of carbonyl (C=O) groups excluding carboxylic acids is 1. The minimum atomic E-state index is -3.18. The van der Waals surface area contributed by atoms with Crippen LogP contribution in [0.15, 0.2) is 42.5 Å². The summed E-state index contributed by atoms with van der Waals surface area (Å²) in [5.74, 6) is 0.396. The first-order valence-corrected chi connectivity index (χ1v) is 11.7. The van der Waals surface area contributed by atoms with Crippen LogP contribution in [-0.4, -0.2) is 46.8 Å². The summed E-state index contributed by atoms with van der Waals surface area (Å²) in [5, 5.41) is 3.04. The Hall–Kier alpha value is -1.90. The van der Waals surface area contributed by atoms with E-state index in [0.29, 0.717) is 30.3 Å². The van der Waals surface area contributed by atoms with Crippen molar-refractivity contribution in [2.45, 2.75) is 12.8 Å². The molecule has 1 unspecified atom stereocenters. The number of benzene rings is 1. The molecule has 1 aromatic carbocycles. The number of nitrogens with zero attached hydrogens (tertiary/aromatic N) is 1. The summed E-state index contributed by atoms with van der Waals surface area (Å²) in [5.41, 5.74) is 1.23. The van der Waals surface area contributed by atoms with E-state index in [1.54, 1.807) is 6.07 Å². The summed E-state index contributed by atoms with van der Waals surface area (Å²) in [6, 6.07) is 14.0. The average molecular weight is 408 g/mol. The van der Waals surface area contributed by atoms with Crippen LogP contribution < -0.4 is 14.9 Å². The van der Waals surface area contributed by atoms with E-state index in [4.69, 9.17) is 0 Å². The Morgan fingerprint density at radius 2 is 2.00 bits per heavy atom. The molecule has 2 heterocycles. The van der Waals surface area contributed by atoms with Gasteiger partial charge in [-0.25, -0.2) is 13.1 Å². The van der Waals surface area contributed by atoms with Crippen molar-refractivity contribution in [3.05, 3.63) is 52.2 Å². The maximum Gasteiger partial charge on any atom is 0.261 e. The minimum absolute atomic E-state index is 0.0551. The molecule has 8 heteroatoms. The molecular weight excluding hydrogens is 382 g/mol. The second-order valence-electron chi connectivity index (χ2n) is 6.83. The average Bonchev–Trinajstić information content (AvgIpc) is 3.29. The third-order valence-corrected chi connectivity index (χ3v) is 6.45. The van der Waals surface area contributed by atoms with Crippen LogP contribution in [-0.2, 0) is 16.4 Å². The number of rotatable bonds is 8. The molecule has 1 amide bonds. The molecule has 146 valence electrons. The largest absolute Gasteiger partial charge is 0.371 e. The number of amides is 1. The lowest BCUT2D eigenvalue weighted by Gasteiger charge is -2.18. The van der Waals surface area contributed by atoms with Gasteiger partial charge in [-0.3, -0.25) is 4.79 Å². The number of hydrogen-bond acceptors (Lipinski definition) is 5. The molecule has 1 saturated heterocycles. The molecule has 3 rings (SSSR count). The first kappa shape index (κ1) is 19.9. The van der Waals surface area contributed by atoms with Gasteiger partial charge in [-0.15, -0.1) is 11.3 Å². The second-order valence-corrected chi connectivity index (χ2v) is 9.83. The van der Waals surface area contributed by atoms with Crippen LogP contribution in [0.3, 0.4) is 0 Å². The van der Waals surface area contributed by atoms with Gasteiger partial charge in [-0.05, 0) is 43.0 Å². The Bertz CT molecular complexity index is 865. The molecule has 2 N–H and O–H groups in total. The number of nitrogens with one attached hydrogen (secondary N) is 2. The van der Waals surface area contributed by atoms with Crippen molar-refractivity contribution in [1.82, 2.24) is 10.0 Å². The molecule has 0 saturated carbocycles. The fourth-order valence-electron chi connectivity index (χ4n) is 3.19. The predicted octanol–water partition coefficient (Wildman–Crippen LogP) is 2.10. The van der Waals surface area contributed by atoms with Crippen molar-refractivity contribution in [3.63, 3.8) is 0 Å². The molecule has 0 spiro atoms. The highest BCUT2D eigenvalue weighted by atomic mass is 32.2. The summed E-state index contributed by atoms with van der Waals surface area (Å²) in [4.78, 5) is 16.4. The highest BCUT2D eigenvalue weighted by Crippen LogP contribution is 2.23. The van der Waals surface area contributed by atoms with Crippen LogP contribution in [0.1, 0.15) is 21.0 Å². The van der Waals surface area contributed by atoms with Gasteiger partial charge in [0.05, 0.1) is 11.1 Å². The van der Waals surface area contributed by atoms with Gasteiger partial charge in [0.2, 0.25) is 10.0 Å². The predicted molar refractivity (Wildman–Crippen MR) is 110 cm³/mol. The van der Waals surface area contributed by atoms with Gasteiger partial charge < -0.3 is 10.2 Å². The van der Waals surface area contributed by atoms with Gasteiger partial charge in [0, 0.05) is 36.7 Å². The fraction of sp³-hybridized carbons (Fsp3) is 0.421. The van der Waals surface area contributed by atoms with Crippen LogP contribution in [0.5, 0.6) is 0 Å². The smallest absolute Gasteiger partial charge is 0.261 e. The van der Waals surface area contributed by atoms with E-state index in [2.05, 4.69) is 27.1 Å². The quantitative estimate of drug-likeness (QED) is 0.702. The van der Waals surface area contributed by atoms with Crippen molar-refractivity contribution in [3.8, 4) is 0 Å². The summed E-state index contributed by atoms with van der Waals surface area (Å²) >= 11 is 1.41. The highest BCUT2D eigenvalue weighted by molar-refractivity contribution is 7.88. The number of hydrogen-bond donors (Lipinski definition) is 2. The molecule has 1 fully saturated rings.